The van der Waals surface area contributed by atoms with Gasteiger partial charge in [-0.1, -0.05) is 6.07 Å². The highest BCUT2D eigenvalue weighted by molar-refractivity contribution is 5.94. The highest BCUT2D eigenvalue weighted by Gasteiger charge is 2.20. The Morgan fingerprint density at radius 3 is 2.81 bits per heavy atom. The van der Waals surface area contributed by atoms with Crippen molar-refractivity contribution in [2.75, 3.05) is 19.8 Å². The normalized spacial score (nSPS) is 17.3. The molecule has 0 unspecified atom stereocenters. The van der Waals surface area contributed by atoms with Crippen molar-refractivity contribution in [3.8, 4) is 0 Å². The zero-order valence-corrected chi connectivity index (χ0v) is 12.7. The van der Waals surface area contributed by atoms with Crippen molar-refractivity contribution in [1.82, 2.24) is 5.32 Å². The average molecular weight is 287 g/mol. The maximum absolute atomic E-state index is 12.1. The molecule has 0 heterocycles. The van der Waals surface area contributed by atoms with Gasteiger partial charge in [-0.2, -0.15) is 0 Å². The Balaban J connectivity index is 1.40. The van der Waals surface area contributed by atoms with E-state index in [-0.39, 0.29) is 5.91 Å². The van der Waals surface area contributed by atoms with E-state index in [9.17, 15) is 4.79 Å². The molecule has 1 N–H and O–H groups in total. The summed E-state index contributed by atoms with van der Waals surface area (Å²) in [6.07, 6.45) is 8.35. The maximum Gasteiger partial charge on any atom is 0.251 e. The van der Waals surface area contributed by atoms with Gasteiger partial charge in [0.15, 0.2) is 0 Å². The Hall–Kier alpha value is -1.35. The second-order valence-electron chi connectivity index (χ2n) is 6.32. The van der Waals surface area contributed by atoms with Gasteiger partial charge < -0.3 is 10.1 Å². The molecule has 3 rings (SSSR count). The molecule has 0 spiro atoms. The summed E-state index contributed by atoms with van der Waals surface area (Å²) in [5, 5.41) is 2.99. The molecule has 1 aromatic rings. The molecular weight excluding hydrogens is 262 g/mol. The van der Waals surface area contributed by atoms with Gasteiger partial charge in [-0.25, -0.2) is 0 Å². The minimum absolute atomic E-state index is 0.0468. The first kappa shape index (κ1) is 14.6. The van der Waals surface area contributed by atoms with Gasteiger partial charge in [-0.05, 0) is 74.1 Å². The van der Waals surface area contributed by atoms with Crippen LogP contribution in [0.1, 0.15) is 53.6 Å². The molecular formula is C18H25NO2. The van der Waals surface area contributed by atoms with Crippen molar-refractivity contribution in [1.29, 1.82) is 0 Å². The molecule has 0 bridgehead atoms. The summed E-state index contributed by atoms with van der Waals surface area (Å²) in [6, 6.07) is 6.17. The molecule has 0 saturated heterocycles. The zero-order valence-electron chi connectivity index (χ0n) is 12.7. The number of carbonyl (C=O) groups is 1. The van der Waals surface area contributed by atoms with Crippen LogP contribution in [0.5, 0.6) is 0 Å². The minimum atomic E-state index is 0.0468. The number of nitrogens with one attached hydrogen (secondary N) is 1. The van der Waals surface area contributed by atoms with E-state index in [1.54, 1.807) is 0 Å². The van der Waals surface area contributed by atoms with Crippen LogP contribution in [0, 0.1) is 5.92 Å². The van der Waals surface area contributed by atoms with Crippen LogP contribution >= 0.6 is 0 Å². The lowest BCUT2D eigenvalue weighted by Gasteiger charge is -2.16. The number of carbonyl (C=O) groups excluding carboxylic acids is 1. The van der Waals surface area contributed by atoms with Gasteiger partial charge in [0.05, 0.1) is 0 Å². The Morgan fingerprint density at radius 2 is 2.00 bits per heavy atom. The SMILES string of the molecule is O=C(NCCCOCC1CC1)c1ccc2c(c1)CCCC2. The van der Waals surface area contributed by atoms with Gasteiger partial charge in [0, 0.05) is 25.3 Å². The van der Waals surface area contributed by atoms with Crippen molar-refractivity contribution in [2.45, 2.75) is 44.9 Å². The van der Waals surface area contributed by atoms with Gasteiger partial charge in [0.2, 0.25) is 0 Å². The Labute approximate surface area is 127 Å². The molecule has 2 aliphatic carbocycles. The number of amides is 1. The van der Waals surface area contributed by atoms with Gasteiger partial charge in [0.1, 0.15) is 0 Å². The summed E-state index contributed by atoms with van der Waals surface area (Å²) in [5.41, 5.74) is 3.59. The first-order valence-electron chi connectivity index (χ1n) is 8.30. The van der Waals surface area contributed by atoms with E-state index in [0.717, 1.165) is 44.0 Å². The number of ether oxygens (including phenoxy) is 1. The average Bonchev–Trinajstić information content (AvgIpc) is 3.34. The topological polar surface area (TPSA) is 38.3 Å². The number of aryl methyl sites for hydroxylation is 2. The smallest absolute Gasteiger partial charge is 0.251 e. The van der Waals surface area contributed by atoms with Crippen molar-refractivity contribution in [3.63, 3.8) is 0 Å². The molecule has 1 fully saturated rings. The Morgan fingerprint density at radius 1 is 1.19 bits per heavy atom. The quantitative estimate of drug-likeness (QED) is 0.783. The molecule has 1 saturated carbocycles. The molecule has 0 aromatic heterocycles. The molecule has 1 amide bonds. The molecule has 2 aliphatic rings. The van der Waals surface area contributed by atoms with E-state index in [1.165, 1.54) is 36.8 Å². The van der Waals surface area contributed by atoms with Crippen molar-refractivity contribution in [3.05, 3.63) is 34.9 Å². The molecule has 3 nitrogen and oxygen atoms in total. The lowest BCUT2D eigenvalue weighted by Crippen LogP contribution is -2.25. The van der Waals surface area contributed by atoms with Gasteiger partial charge >= 0.3 is 0 Å². The highest BCUT2D eigenvalue weighted by Crippen LogP contribution is 2.28. The highest BCUT2D eigenvalue weighted by atomic mass is 16.5. The number of rotatable bonds is 7. The van der Waals surface area contributed by atoms with E-state index in [2.05, 4.69) is 17.4 Å². The number of hydrogen-bond acceptors (Lipinski definition) is 2. The minimum Gasteiger partial charge on any atom is -0.381 e. The summed E-state index contributed by atoms with van der Waals surface area (Å²) in [4.78, 5) is 12.1. The summed E-state index contributed by atoms with van der Waals surface area (Å²) in [5.74, 6) is 0.862. The summed E-state index contributed by atoms with van der Waals surface area (Å²) >= 11 is 0. The Kier molecular flexibility index (Phi) is 4.91. The van der Waals surface area contributed by atoms with E-state index in [0.29, 0.717) is 6.54 Å². The first-order valence-corrected chi connectivity index (χ1v) is 8.30. The third kappa shape index (κ3) is 4.31. The second-order valence-corrected chi connectivity index (χ2v) is 6.32. The van der Waals surface area contributed by atoms with Gasteiger partial charge in [0.25, 0.3) is 5.91 Å². The maximum atomic E-state index is 12.1. The summed E-state index contributed by atoms with van der Waals surface area (Å²) in [6.45, 7) is 2.35. The van der Waals surface area contributed by atoms with Gasteiger partial charge in [-0.15, -0.1) is 0 Å². The molecule has 0 radical (unpaired) electrons. The molecule has 1 aromatic carbocycles. The first-order chi connectivity index (χ1) is 10.3. The van der Waals surface area contributed by atoms with Gasteiger partial charge in [-0.3, -0.25) is 4.79 Å². The summed E-state index contributed by atoms with van der Waals surface area (Å²) < 4.78 is 5.57. The fraction of sp³-hybridized carbons (Fsp3) is 0.611. The third-order valence-electron chi connectivity index (χ3n) is 4.41. The lowest BCUT2D eigenvalue weighted by molar-refractivity contribution is 0.0937. The van der Waals surface area contributed by atoms with Crippen LogP contribution in [0.25, 0.3) is 0 Å². The van der Waals surface area contributed by atoms with Crippen molar-refractivity contribution in [2.24, 2.45) is 5.92 Å². The van der Waals surface area contributed by atoms with Crippen LogP contribution in [0.4, 0.5) is 0 Å². The number of fused-ring (bicyclic) bond motifs is 1. The predicted octanol–water partition coefficient (Wildman–Crippen LogP) is 3.11. The van der Waals surface area contributed by atoms with E-state index in [4.69, 9.17) is 4.74 Å². The largest absolute Gasteiger partial charge is 0.381 e. The Bertz CT molecular complexity index is 494. The van der Waals surface area contributed by atoms with Crippen LogP contribution in [0.2, 0.25) is 0 Å². The fourth-order valence-electron chi connectivity index (χ4n) is 2.89. The van der Waals surface area contributed by atoms with Crippen LogP contribution in [0.3, 0.4) is 0 Å². The van der Waals surface area contributed by atoms with Crippen LogP contribution in [0.15, 0.2) is 18.2 Å². The zero-order chi connectivity index (χ0) is 14.5. The predicted molar refractivity (Wildman–Crippen MR) is 83.6 cm³/mol. The molecule has 0 atom stereocenters. The number of benzene rings is 1. The second kappa shape index (κ2) is 7.08. The van der Waals surface area contributed by atoms with E-state index < -0.39 is 0 Å². The number of hydrogen-bond donors (Lipinski definition) is 1. The molecule has 3 heteroatoms. The summed E-state index contributed by atoms with van der Waals surface area (Å²) in [7, 11) is 0. The van der Waals surface area contributed by atoms with Crippen LogP contribution in [-0.2, 0) is 17.6 Å². The fourth-order valence-corrected chi connectivity index (χ4v) is 2.89. The molecule has 114 valence electrons. The van der Waals surface area contributed by atoms with Crippen LogP contribution in [-0.4, -0.2) is 25.7 Å². The van der Waals surface area contributed by atoms with Crippen molar-refractivity contribution < 1.29 is 9.53 Å². The monoisotopic (exact) mass is 287 g/mol. The molecule has 0 aliphatic heterocycles. The standard InChI is InChI=1S/C18H25NO2/c20-18(19-10-3-11-21-13-14-6-7-14)17-9-8-15-4-1-2-5-16(15)12-17/h8-9,12,14H,1-7,10-11,13H2,(H,19,20). The van der Waals surface area contributed by atoms with Crippen LogP contribution < -0.4 is 5.32 Å². The van der Waals surface area contributed by atoms with E-state index in [1.807, 2.05) is 6.07 Å². The lowest BCUT2D eigenvalue weighted by atomic mass is 9.90. The van der Waals surface area contributed by atoms with Crippen molar-refractivity contribution >= 4 is 5.91 Å². The van der Waals surface area contributed by atoms with E-state index >= 15 is 0 Å². The third-order valence-corrected chi connectivity index (χ3v) is 4.41. The molecule has 21 heavy (non-hydrogen) atoms.